The molecule has 2 aliphatic rings. The van der Waals surface area contributed by atoms with Gasteiger partial charge in [-0.25, -0.2) is 0 Å². The van der Waals surface area contributed by atoms with Crippen LogP contribution in [-0.2, 0) is 9.53 Å². The Balaban J connectivity index is 1.98. The molecule has 0 bridgehead atoms. The molecule has 1 fully saturated rings. The number of aliphatic hydroxyl groups is 1. The van der Waals surface area contributed by atoms with Crippen LogP contribution in [0.2, 0.25) is 0 Å². The maximum Gasteiger partial charge on any atom is 0.273 e. The summed E-state index contributed by atoms with van der Waals surface area (Å²) in [5.41, 5.74) is 0.691. The summed E-state index contributed by atoms with van der Waals surface area (Å²) < 4.78 is 11.1. The molecule has 2 amide bonds. The fourth-order valence-electron chi connectivity index (χ4n) is 5.03. The Kier molecular flexibility index (Phi) is 8.40. The molecule has 1 unspecified atom stereocenters. The van der Waals surface area contributed by atoms with Gasteiger partial charge in [0, 0.05) is 37.9 Å². The standard InChI is InChI=1S/C26H40N2O5/c1-18(2)28(20-11-7-6-8-12-20)24(30)21-16-22-23(15-19(21)3)33-26(4,17-29)25(31)27(22)13-9-10-14-32-5/h15-16,18,20,29H,6-14,17H2,1-5H3. The first-order valence-corrected chi connectivity index (χ1v) is 12.3. The first kappa shape index (κ1) is 25.5. The molecule has 0 spiro atoms. The van der Waals surface area contributed by atoms with Crippen molar-refractivity contribution in [1.82, 2.24) is 4.90 Å². The van der Waals surface area contributed by atoms with Gasteiger partial charge in [-0.2, -0.15) is 0 Å². The van der Waals surface area contributed by atoms with E-state index in [0.29, 0.717) is 30.2 Å². The van der Waals surface area contributed by atoms with Gasteiger partial charge >= 0.3 is 0 Å². The quantitative estimate of drug-likeness (QED) is 0.562. The minimum Gasteiger partial charge on any atom is -0.473 e. The molecule has 7 heteroatoms. The average Bonchev–Trinajstić information content (AvgIpc) is 2.79. The number of aliphatic hydroxyl groups excluding tert-OH is 1. The van der Waals surface area contributed by atoms with Crippen molar-refractivity contribution in [3.8, 4) is 5.75 Å². The average molecular weight is 461 g/mol. The van der Waals surface area contributed by atoms with E-state index in [1.54, 1.807) is 18.9 Å². The Labute approximate surface area is 198 Å². The Hall–Kier alpha value is -2.12. The SMILES string of the molecule is COCCCCN1C(=O)C(C)(CO)Oc2cc(C)c(C(=O)N(C(C)C)C3CCCCC3)cc21. The third kappa shape index (κ3) is 5.35. The van der Waals surface area contributed by atoms with Crippen molar-refractivity contribution in [3.05, 3.63) is 23.3 Å². The smallest absolute Gasteiger partial charge is 0.273 e. The molecule has 1 saturated carbocycles. The van der Waals surface area contributed by atoms with Gasteiger partial charge in [-0.15, -0.1) is 0 Å². The molecule has 1 aromatic rings. The maximum atomic E-state index is 13.8. The molecule has 7 nitrogen and oxygen atoms in total. The summed E-state index contributed by atoms with van der Waals surface area (Å²) in [6.45, 7) is 8.34. The largest absolute Gasteiger partial charge is 0.473 e. The van der Waals surface area contributed by atoms with Gasteiger partial charge in [0.1, 0.15) is 5.75 Å². The fraction of sp³-hybridized carbons (Fsp3) is 0.692. The molecule has 1 N–H and O–H groups in total. The van der Waals surface area contributed by atoms with Gasteiger partial charge in [0.2, 0.25) is 5.60 Å². The van der Waals surface area contributed by atoms with Crippen LogP contribution in [0.3, 0.4) is 0 Å². The third-order valence-electron chi connectivity index (χ3n) is 6.90. The van der Waals surface area contributed by atoms with Gasteiger partial charge in [-0.1, -0.05) is 19.3 Å². The van der Waals surface area contributed by atoms with Crippen LogP contribution < -0.4 is 9.64 Å². The number of benzene rings is 1. The highest BCUT2D eigenvalue weighted by Gasteiger charge is 2.45. The van der Waals surface area contributed by atoms with Crippen LogP contribution in [0.15, 0.2) is 12.1 Å². The molecule has 1 heterocycles. The summed E-state index contributed by atoms with van der Waals surface area (Å²) in [6, 6.07) is 4.00. The number of anilines is 1. The normalized spacial score (nSPS) is 21.2. The predicted octanol–water partition coefficient (Wildman–Crippen LogP) is 4.08. The van der Waals surface area contributed by atoms with Crippen molar-refractivity contribution < 1.29 is 24.2 Å². The number of methoxy groups -OCH3 is 1. The van der Waals surface area contributed by atoms with Gasteiger partial charge in [-0.05, 0) is 71.1 Å². The Morgan fingerprint density at radius 1 is 1.27 bits per heavy atom. The Bertz CT molecular complexity index is 849. The second kappa shape index (κ2) is 10.9. The van der Waals surface area contributed by atoms with Crippen molar-refractivity contribution >= 4 is 17.5 Å². The second-order valence-corrected chi connectivity index (χ2v) is 9.88. The van der Waals surface area contributed by atoms with E-state index in [1.807, 2.05) is 24.0 Å². The number of amides is 2. The lowest BCUT2D eigenvalue weighted by atomic mass is 9.92. The number of unbranched alkanes of at least 4 members (excludes halogenated alkanes) is 1. The Morgan fingerprint density at radius 2 is 1.97 bits per heavy atom. The van der Waals surface area contributed by atoms with Crippen molar-refractivity contribution in [2.75, 3.05) is 31.8 Å². The zero-order valence-electron chi connectivity index (χ0n) is 20.9. The van der Waals surface area contributed by atoms with Crippen LogP contribution in [0.25, 0.3) is 0 Å². The molecular weight excluding hydrogens is 420 g/mol. The van der Waals surface area contributed by atoms with E-state index in [9.17, 15) is 14.7 Å². The molecule has 1 aliphatic carbocycles. The lowest BCUT2D eigenvalue weighted by Crippen LogP contribution is -2.57. The molecule has 0 saturated heterocycles. The van der Waals surface area contributed by atoms with Gasteiger partial charge < -0.3 is 24.4 Å². The minimum atomic E-state index is -1.34. The predicted molar refractivity (Wildman–Crippen MR) is 129 cm³/mol. The van der Waals surface area contributed by atoms with Crippen LogP contribution in [0, 0.1) is 6.92 Å². The van der Waals surface area contributed by atoms with Gasteiger partial charge in [0.25, 0.3) is 11.8 Å². The summed E-state index contributed by atoms with van der Waals surface area (Å²) in [7, 11) is 1.66. The lowest BCUT2D eigenvalue weighted by molar-refractivity contribution is -0.137. The van der Waals surface area contributed by atoms with E-state index in [2.05, 4.69) is 13.8 Å². The van der Waals surface area contributed by atoms with Gasteiger partial charge in [-0.3, -0.25) is 9.59 Å². The van der Waals surface area contributed by atoms with E-state index < -0.39 is 12.2 Å². The minimum absolute atomic E-state index is 0.0134. The molecule has 0 radical (unpaired) electrons. The van der Waals surface area contributed by atoms with Gasteiger partial charge in [0.15, 0.2) is 0 Å². The first-order valence-electron chi connectivity index (χ1n) is 12.3. The zero-order valence-corrected chi connectivity index (χ0v) is 20.9. The number of carbonyl (C=O) groups excluding carboxylic acids is 2. The number of aryl methyl sites for hydroxylation is 1. The monoisotopic (exact) mass is 460 g/mol. The van der Waals surface area contributed by atoms with E-state index in [4.69, 9.17) is 9.47 Å². The third-order valence-corrected chi connectivity index (χ3v) is 6.90. The second-order valence-electron chi connectivity index (χ2n) is 9.88. The van der Waals surface area contributed by atoms with Gasteiger partial charge in [0.05, 0.1) is 12.3 Å². The van der Waals surface area contributed by atoms with E-state index in [0.717, 1.165) is 44.1 Å². The number of rotatable bonds is 9. The number of hydrogen-bond acceptors (Lipinski definition) is 5. The number of fused-ring (bicyclic) bond motifs is 1. The van der Waals surface area contributed by atoms with E-state index in [-0.39, 0.29) is 23.9 Å². The molecule has 3 rings (SSSR count). The summed E-state index contributed by atoms with van der Waals surface area (Å²) in [4.78, 5) is 30.8. The molecule has 184 valence electrons. The lowest BCUT2D eigenvalue weighted by Gasteiger charge is -2.41. The van der Waals surface area contributed by atoms with Crippen LogP contribution >= 0.6 is 0 Å². The van der Waals surface area contributed by atoms with Crippen LogP contribution in [0.5, 0.6) is 5.75 Å². The van der Waals surface area contributed by atoms with E-state index >= 15 is 0 Å². The highest BCUT2D eigenvalue weighted by Crippen LogP contribution is 2.40. The number of carbonyl (C=O) groups is 2. The molecule has 1 aliphatic heterocycles. The van der Waals surface area contributed by atoms with Crippen LogP contribution in [0.1, 0.15) is 81.6 Å². The maximum absolute atomic E-state index is 13.8. The summed E-state index contributed by atoms with van der Waals surface area (Å²) in [5.74, 6) is 0.255. The van der Waals surface area contributed by atoms with Crippen molar-refractivity contribution in [1.29, 1.82) is 0 Å². The Morgan fingerprint density at radius 3 is 2.58 bits per heavy atom. The zero-order chi connectivity index (χ0) is 24.2. The number of ether oxygens (including phenoxy) is 2. The number of nitrogens with zero attached hydrogens (tertiary/aromatic N) is 2. The topological polar surface area (TPSA) is 79.3 Å². The number of hydrogen-bond donors (Lipinski definition) is 1. The van der Waals surface area contributed by atoms with Crippen molar-refractivity contribution in [3.63, 3.8) is 0 Å². The summed E-state index contributed by atoms with van der Waals surface area (Å²) in [5, 5.41) is 9.91. The van der Waals surface area contributed by atoms with Crippen molar-refractivity contribution in [2.45, 2.75) is 90.3 Å². The van der Waals surface area contributed by atoms with Crippen molar-refractivity contribution in [2.24, 2.45) is 0 Å². The molecule has 1 aromatic carbocycles. The fourth-order valence-corrected chi connectivity index (χ4v) is 5.03. The first-order chi connectivity index (χ1) is 15.7. The van der Waals surface area contributed by atoms with Crippen LogP contribution in [-0.4, -0.2) is 66.4 Å². The molecule has 33 heavy (non-hydrogen) atoms. The summed E-state index contributed by atoms with van der Waals surface area (Å²) >= 11 is 0. The highest BCUT2D eigenvalue weighted by molar-refractivity contribution is 6.05. The molecular formula is C26H40N2O5. The molecule has 0 aromatic heterocycles. The summed E-state index contributed by atoms with van der Waals surface area (Å²) in [6.07, 6.45) is 7.18. The van der Waals surface area contributed by atoms with E-state index in [1.165, 1.54) is 6.42 Å². The molecule has 1 atom stereocenters. The highest BCUT2D eigenvalue weighted by atomic mass is 16.5. The van der Waals surface area contributed by atoms with Crippen LogP contribution in [0.4, 0.5) is 5.69 Å².